The van der Waals surface area contributed by atoms with E-state index in [0.29, 0.717) is 0 Å². The van der Waals surface area contributed by atoms with E-state index in [0.717, 1.165) is 13.8 Å². The van der Waals surface area contributed by atoms with Crippen molar-refractivity contribution in [2.24, 2.45) is 5.92 Å². The highest BCUT2D eigenvalue weighted by Crippen LogP contribution is 2.39. The van der Waals surface area contributed by atoms with Crippen molar-refractivity contribution in [1.29, 1.82) is 0 Å². The van der Waals surface area contributed by atoms with Gasteiger partial charge < -0.3 is 199 Å². The van der Waals surface area contributed by atoms with E-state index in [-0.39, 0.29) is 5.92 Å². The van der Waals surface area contributed by atoms with Crippen LogP contribution < -0.4 is 10.6 Å². The van der Waals surface area contributed by atoms with E-state index in [4.69, 9.17) is 71.1 Å². The molecule has 40 atom stereocenters. The van der Waals surface area contributed by atoms with Gasteiger partial charge in [0.1, 0.15) is 189 Å². The van der Waals surface area contributed by atoms with Gasteiger partial charge in [-0.3, -0.25) is 9.59 Å². The zero-order valence-corrected chi connectivity index (χ0v) is 52.6. The van der Waals surface area contributed by atoms with E-state index in [9.17, 15) is 127 Å². The number of hydrogen-bond donors (Lipinski definition) is 25. The summed E-state index contributed by atoms with van der Waals surface area (Å²) in [6, 6.07) is -3.00. The van der Waals surface area contributed by atoms with Gasteiger partial charge in [0.05, 0.1) is 65.0 Å². The number of carbonyl (C=O) groups is 2. The molecule has 0 aromatic rings. The second-order valence-corrected chi connectivity index (χ2v) is 25.2. The van der Waals surface area contributed by atoms with Crippen LogP contribution in [-0.2, 0) is 80.6 Å². The van der Waals surface area contributed by atoms with Gasteiger partial charge in [-0.1, -0.05) is 13.8 Å². The van der Waals surface area contributed by atoms with Crippen molar-refractivity contribution < 1.29 is 198 Å². The number of carbonyl (C=O) groups excluding carboxylic acids is 2. The van der Waals surface area contributed by atoms with Crippen LogP contribution in [0.5, 0.6) is 0 Å². The molecule has 8 fully saturated rings. The number of aliphatic hydroxyl groups is 23. The topological polar surface area (TPSA) is 662 Å². The van der Waals surface area contributed by atoms with E-state index in [1.54, 1.807) is 13.8 Å². The van der Waals surface area contributed by atoms with Crippen molar-refractivity contribution in [3.8, 4) is 0 Å². The lowest BCUT2D eigenvalue weighted by atomic mass is 9.87. The van der Waals surface area contributed by atoms with Gasteiger partial charge in [-0.15, -0.1) is 0 Å². The molecule has 25 N–H and O–H groups in total. The number of amides is 2. The van der Waals surface area contributed by atoms with E-state index < -0.39 is 310 Å². The molecule has 97 heavy (non-hydrogen) atoms. The lowest BCUT2D eigenvalue weighted by Crippen LogP contribution is -2.70. The van der Waals surface area contributed by atoms with Crippen LogP contribution in [0, 0.1) is 5.92 Å². The summed E-state index contributed by atoms with van der Waals surface area (Å²) in [5, 5.41) is 257. The lowest BCUT2D eigenvalue weighted by molar-refractivity contribution is -0.399. The molecule has 0 saturated carbocycles. The molecular weight excluding hydrogens is 1330 g/mol. The second kappa shape index (κ2) is 34.8. The van der Waals surface area contributed by atoms with Crippen molar-refractivity contribution in [2.75, 3.05) is 52.9 Å². The zero-order valence-electron chi connectivity index (χ0n) is 52.6. The minimum absolute atomic E-state index is 0.374. The van der Waals surface area contributed by atoms with E-state index >= 15 is 0 Å². The molecule has 0 spiro atoms. The van der Waals surface area contributed by atoms with E-state index in [1.165, 1.54) is 0 Å². The average molecular weight is 1420 g/mol. The summed E-state index contributed by atoms with van der Waals surface area (Å²) in [4.78, 5) is 25.3. The van der Waals surface area contributed by atoms with Gasteiger partial charge in [0.15, 0.2) is 44.0 Å². The fourth-order valence-electron chi connectivity index (χ4n) is 12.7. The number of rotatable bonds is 25. The Balaban J connectivity index is 1.12. The second-order valence-electron chi connectivity index (χ2n) is 25.2. The third-order valence-electron chi connectivity index (χ3n) is 18.1. The fourth-order valence-corrected chi connectivity index (χ4v) is 12.7. The Morgan fingerprint density at radius 1 is 0.299 bits per heavy atom. The fraction of sp³-hybridized carbons (Fsp3) is 0.964. The molecule has 0 bridgehead atoms. The maximum Gasteiger partial charge on any atom is 0.217 e. The maximum absolute atomic E-state index is 12.9. The molecule has 40 unspecified atom stereocenters. The molecule has 2 amide bonds. The van der Waals surface area contributed by atoms with Crippen molar-refractivity contribution in [1.82, 2.24) is 10.6 Å². The Bertz CT molecular complexity index is 2430. The van der Waals surface area contributed by atoms with Crippen LogP contribution in [0.25, 0.3) is 0 Å². The third kappa shape index (κ3) is 17.5. The smallest absolute Gasteiger partial charge is 0.217 e. The van der Waals surface area contributed by atoms with Crippen LogP contribution in [0.15, 0.2) is 0 Å². The molecule has 0 aliphatic carbocycles. The van der Waals surface area contributed by atoms with Crippen LogP contribution in [0.4, 0.5) is 0 Å². The molecule has 8 rings (SSSR count). The Hall–Kier alpha value is -2.58. The van der Waals surface area contributed by atoms with Crippen molar-refractivity contribution in [3.63, 3.8) is 0 Å². The molecule has 8 heterocycles. The number of aliphatic hydroxyl groups excluding tert-OH is 23. The molecule has 8 saturated heterocycles. The Morgan fingerprint density at radius 2 is 0.598 bits per heavy atom. The van der Waals surface area contributed by atoms with Gasteiger partial charge in [0.2, 0.25) is 11.8 Å². The van der Waals surface area contributed by atoms with Gasteiger partial charge in [-0.2, -0.15) is 0 Å². The summed E-state index contributed by atoms with van der Waals surface area (Å²) in [6.45, 7) is -2.42. The zero-order chi connectivity index (χ0) is 71.5. The predicted octanol–water partition coefficient (Wildman–Crippen LogP) is -16.5. The largest absolute Gasteiger partial charge is 0.394 e. The van der Waals surface area contributed by atoms with Gasteiger partial charge in [0.25, 0.3) is 0 Å². The monoisotopic (exact) mass is 1420 g/mol. The Labute approximate surface area is 551 Å². The summed E-state index contributed by atoms with van der Waals surface area (Å²) < 4.78 is 87.9. The first-order valence-corrected chi connectivity index (χ1v) is 31.4. The lowest BCUT2D eigenvalue weighted by Gasteiger charge is -2.51. The molecule has 0 aromatic carbocycles. The van der Waals surface area contributed by atoms with E-state index in [2.05, 4.69) is 10.6 Å². The van der Waals surface area contributed by atoms with Crippen LogP contribution in [0.2, 0.25) is 0 Å². The minimum atomic E-state index is -2.47. The third-order valence-corrected chi connectivity index (χ3v) is 18.1. The van der Waals surface area contributed by atoms with Crippen molar-refractivity contribution >= 4 is 11.8 Å². The van der Waals surface area contributed by atoms with Gasteiger partial charge >= 0.3 is 0 Å². The van der Waals surface area contributed by atoms with Gasteiger partial charge in [-0.25, -0.2) is 0 Å². The van der Waals surface area contributed by atoms with Gasteiger partial charge in [0, 0.05) is 13.8 Å². The van der Waals surface area contributed by atoms with Crippen molar-refractivity contribution in [3.05, 3.63) is 0 Å². The minimum Gasteiger partial charge on any atom is -0.394 e. The quantitative estimate of drug-likeness (QED) is 0.0404. The SMILES string of the molecule is CC(=O)NC1C(OC2C(CO)OC(C(C)C)C(NC(C)=O)C2O)OC(CO)C(OC2OC(COC3OC(COC4OC(CO)C(O)C(O)C4O)C(O)C(OC4OC(CO)C(O)C(O)C4O)C3O)C(O)C(OC3OC(CO)C(O)C(O)C3OC3OC(CO)C(O)C(O)C3O)C2O)C1O. The Morgan fingerprint density at radius 3 is 1.04 bits per heavy atom. The highest BCUT2D eigenvalue weighted by Gasteiger charge is 2.59. The van der Waals surface area contributed by atoms with Crippen LogP contribution in [-0.4, -0.2) is 427 Å². The molecule has 8 aliphatic heterocycles. The Kier molecular flexibility index (Phi) is 28.7. The van der Waals surface area contributed by atoms with E-state index in [1.807, 2.05) is 0 Å². The summed E-state index contributed by atoms with van der Waals surface area (Å²) in [5.74, 6) is -1.84. The average Bonchev–Trinajstić information content (AvgIpc) is 0.775. The first-order chi connectivity index (χ1) is 45.9. The normalized spacial score (nSPS) is 50.1. The molecule has 42 heteroatoms. The first-order valence-electron chi connectivity index (χ1n) is 31.4. The summed E-state index contributed by atoms with van der Waals surface area (Å²) in [5.41, 5.74) is 0. The highest BCUT2D eigenvalue weighted by atomic mass is 16.8. The molecule has 8 aliphatic rings. The number of nitrogens with one attached hydrogen (secondary N) is 2. The number of ether oxygens (including phenoxy) is 15. The predicted molar refractivity (Wildman–Crippen MR) is 300 cm³/mol. The molecule has 0 aromatic heterocycles. The first kappa shape index (κ1) is 80.1. The highest BCUT2D eigenvalue weighted by molar-refractivity contribution is 5.73. The van der Waals surface area contributed by atoms with Crippen LogP contribution in [0.1, 0.15) is 27.7 Å². The summed E-state index contributed by atoms with van der Waals surface area (Å²) in [7, 11) is 0. The maximum atomic E-state index is 12.9. The number of hydrogen-bond acceptors (Lipinski definition) is 40. The summed E-state index contributed by atoms with van der Waals surface area (Å²) >= 11 is 0. The molecule has 42 nitrogen and oxygen atoms in total. The summed E-state index contributed by atoms with van der Waals surface area (Å²) in [6.07, 6.45) is -75.7. The van der Waals surface area contributed by atoms with Crippen molar-refractivity contribution in [2.45, 2.75) is 273 Å². The molecule has 564 valence electrons. The standard InChI is InChI=1S/C55H94N2O40/c1-13(2)43-24(56-14(3)64)32(72)44(20(9-62)85-43)93-49-25(57-15(4)65)33(73)45(21(10-63)90-49)94-54-42(82)47(96-55-48(37(77)29(69)19(8-61)89-55)97-53-40(80)36(76)28(68)18(7-60)88-53)31(71)23(92-54)12-84-51-41(81)46(95-52-39(79)35(75)27(67)17(6-59)87-52)30(70)22(91-51)11-83-50-38(78)34(74)26(66)16(5-58)86-50/h13,16-55,58-63,66-82H,5-12H2,1-4H3,(H,56,64)(H,57,65). The van der Waals surface area contributed by atoms with Crippen LogP contribution in [0.3, 0.4) is 0 Å². The molecular formula is C55H94N2O40. The molecule has 0 radical (unpaired) electrons. The van der Waals surface area contributed by atoms with Gasteiger partial charge in [-0.05, 0) is 5.92 Å². The van der Waals surface area contributed by atoms with Crippen LogP contribution >= 0.6 is 0 Å².